The zero-order valence-corrected chi connectivity index (χ0v) is 42.1. The first-order valence-corrected chi connectivity index (χ1v) is 27.1. The molecule has 0 N–H and O–H groups in total. The second-order valence-electron chi connectivity index (χ2n) is 15.0. The van der Waals surface area contributed by atoms with Gasteiger partial charge in [0.1, 0.15) is 47.7 Å². The first-order chi connectivity index (χ1) is 33.2. The summed E-state index contributed by atoms with van der Waals surface area (Å²) in [4.78, 5) is 8.97. The monoisotopic (exact) mass is 1050 g/mol. The van der Waals surface area contributed by atoms with E-state index >= 15 is 0 Å². The average Bonchev–Trinajstić information content (AvgIpc) is 3.37. The van der Waals surface area contributed by atoms with Gasteiger partial charge in [-0.2, -0.15) is 0 Å². The van der Waals surface area contributed by atoms with Crippen LogP contribution in [0.1, 0.15) is 13.8 Å². The van der Waals surface area contributed by atoms with E-state index < -0.39 is 23.7 Å². The molecule has 2 aromatic heterocycles. The fraction of sp³-hybridized carbons (Fsp3) is 0.0714. The third-order valence-electron chi connectivity index (χ3n) is 9.94. The molecule has 364 valence electrons. The molecule has 0 bridgehead atoms. The topological polar surface area (TPSA) is 44.2 Å². The molecule has 9 rings (SSSR count). The summed E-state index contributed by atoms with van der Waals surface area (Å²) >= 11 is 0. The molecule has 0 amide bonds. The molecular weight excluding hydrogens is 1000 g/mol. The SMILES string of the molecule is CCOCC.F[P-](F)(F)(F)(F)F.[Cu+].c1ccc(-c2cccc(-c3ccccn3)n2)cc1.c1ccc([PH+](c2ccccc2)c2ccccc2Oc2ccccc2[PH+](c2ccccc2)c2ccccc2)cc1. The van der Waals surface area contributed by atoms with Crippen LogP contribution < -0.4 is 36.6 Å². The van der Waals surface area contributed by atoms with Gasteiger partial charge in [-0.3, -0.25) is 4.98 Å². The molecule has 0 aliphatic rings. The minimum Gasteiger partial charge on any atom is -0.449 e. The summed E-state index contributed by atoms with van der Waals surface area (Å²) in [5.41, 5.74) is 3.89. The maximum atomic E-state index is 9.87. The van der Waals surface area contributed by atoms with Crippen LogP contribution in [0.25, 0.3) is 22.6 Å². The molecule has 0 fully saturated rings. The number of hydrogen-bond donors (Lipinski definition) is 0. The van der Waals surface area contributed by atoms with Crippen molar-refractivity contribution in [2.75, 3.05) is 13.2 Å². The second kappa shape index (κ2) is 25.7. The number of aromatic nitrogens is 2. The van der Waals surface area contributed by atoms with Crippen LogP contribution in [0.15, 0.2) is 243 Å². The van der Waals surface area contributed by atoms with E-state index in [-0.39, 0.29) is 17.1 Å². The molecule has 7 aromatic carbocycles. The maximum absolute atomic E-state index is 10.7. The van der Waals surface area contributed by atoms with Gasteiger partial charge in [0.2, 0.25) is 0 Å². The Hall–Kier alpha value is -6.01. The van der Waals surface area contributed by atoms with E-state index in [0.29, 0.717) is 0 Å². The van der Waals surface area contributed by atoms with E-state index in [1.54, 1.807) is 6.20 Å². The first-order valence-electron chi connectivity index (χ1n) is 22.1. The van der Waals surface area contributed by atoms with E-state index in [9.17, 15) is 25.2 Å². The fourth-order valence-electron chi connectivity index (χ4n) is 7.08. The van der Waals surface area contributed by atoms with Gasteiger partial charge < -0.3 is 9.47 Å². The van der Waals surface area contributed by atoms with Gasteiger partial charge >= 0.3 is 50.1 Å². The van der Waals surface area contributed by atoms with Crippen LogP contribution >= 0.6 is 23.7 Å². The number of pyridine rings is 2. The van der Waals surface area contributed by atoms with Gasteiger partial charge in [0.15, 0.2) is 11.5 Å². The van der Waals surface area contributed by atoms with E-state index in [0.717, 1.165) is 47.4 Å². The van der Waals surface area contributed by atoms with Crippen LogP contribution in [-0.4, -0.2) is 23.2 Å². The van der Waals surface area contributed by atoms with E-state index in [2.05, 4.69) is 192 Å². The minimum absolute atomic E-state index is 0. The standard InChI is InChI=1S/C36H28OP2.C16H12N2.C4H10O.Cu.F6P/c1-5-17-29(18-6-1)38(30-19-7-2-8-20-30)35-27-15-13-25-33(35)37-34-26-14-16-28-36(34)39(31-21-9-3-10-22-31)32-23-11-4-12-24-32;1-2-7-13(8-3-1)14-10-6-11-16(18-14)15-9-4-5-12-17-15;1-3-5-4-2;;1-7(2,3,4,5)6/h1-28H;1-12H;3-4H2,1-2H3;;/q;;;+1;-1/p+2. The van der Waals surface area contributed by atoms with Crippen molar-refractivity contribution in [2.45, 2.75) is 13.8 Å². The van der Waals surface area contributed by atoms with E-state index in [4.69, 9.17) is 9.47 Å². The molecule has 0 spiro atoms. The Morgan fingerprint density at radius 3 is 1.07 bits per heavy atom. The summed E-state index contributed by atoms with van der Waals surface area (Å²) in [6.07, 6.45) is 1.78. The number of halogens is 6. The van der Waals surface area contributed by atoms with Gasteiger partial charge in [-0.15, -0.1) is 0 Å². The van der Waals surface area contributed by atoms with Crippen molar-refractivity contribution in [3.63, 3.8) is 0 Å². The summed E-state index contributed by atoms with van der Waals surface area (Å²) in [5.74, 6) is 1.85. The van der Waals surface area contributed by atoms with Gasteiger partial charge in [0.25, 0.3) is 0 Å². The summed E-state index contributed by atoms with van der Waals surface area (Å²) in [6, 6.07) is 82.6. The number of nitrogens with zero attached hydrogens (tertiary/aromatic N) is 2. The number of para-hydroxylation sites is 2. The molecule has 0 atom stereocenters. The van der Waals surface area contributed by atoms with Gasteiger partial charge in [0, 0.05) is 25.0 Å². The van der Waals surface area contributed by atoms with Crippen LogP contribution in [-0.2, 0) is 21.8 Å². The molecule has 0 saturated heterocycles. The van der Waals surface area contributed by atoms with Crippen LogP contribution in [0.3, 0.4) is 0 Å². The predicted molar refractivity (Wildman–Crippen MR) is 282 cm³/mol. The Bertz CT molecular complexity index is 2650. The Morgan fingerprint density at radius 2 is 0.714 bits per heavy atom. The van der Waals surface area contributed by atoms with Gasteiger partial charge in [-0.05, 0) is 111 Å². The van der Waals surface area contributed by atoms with Crippen molar-refractivity contribution in [3.8, 4) is 34.1 Å². The van der Waals surface area contributed by atoms with Gasteiger partial charge in [-0.25, -0.2) is 4.98 Å². The summed E-state index contributed by atoms with van der Waals surface area (Å²) in [6.45, 7) is 5.67. The molecule has 4 nitrogen and oxygen atoms in total. The molecule has 0 aliphatic carbocycles. The quantitative estimate of drug-likeness (QED) is 0.0695. The number of rotatable bonds is 12. The Balaban J connectivity index is 0.000000242. The summed E-state index contributed by atoms with van der Waals surface area (Å²) < 4.78 is 71.0. The first kappa shape index (κ1) is 54.9. The minimum atomic E-state index is -10.7. The van der Waals surface area contributed by atoms with Crippen molar-refractivity contribution < 1.29 is 51.7 Å². The number of benzene rings is 7. The Kier molecular flexibility index (Phi) is 20.2. The van der Waals surface area contributed by atoms with Gasteiger partial charge in [-0.1, -0.05) is 140 Å². The zero-order valence-electron chi connectivity index (χ0n) is 38.2. The second-order valence-corrected chi connectivity index (χ2v) is 21.8. The Labute approximate surface area is 419 Å². The molecule has 70 heavy (non-hydrogen) atoms. The molecule has 0 radical (unpaired) electrons. The normalized spacial score (nSPS) is 11.7. The molecule has 0 saturated carbocycles. The van der Waals surface area contributed by atoms with Crippen molar-refractivity contribution >= 4 is 55.5 Å². The van der Waals surface area contributed by atoms with Crippen molar-refractivity contribution in [1.29, 1.82) is 0 Å². The van der Waals surface area contributed by atoms with E-state index in [1.807, 2.05) is 68.4 Å². The average molecular weight is 1060 g/mol. The van der Waals surface area contributed by atoms with Gasteiger partial charge in [0.05, 0.1) is 17.1 Å². The number of hydrogen-bond acceptors (Lipinski definition) is 4. The van der Waals surface area contributed by atoms with Crippen LogP contribution in [0, 0.1) is 0 Å². The van der Waals surface area contributed by atoms with Crippen molar-refractivity contribution in [1.82, 2.24) is 9.97 Å². The summed E-state index contributed by atoms with van der Waals surface area (Å²) in [7, 11) is -13.2. The zero-order chi connectivity index (χ0) is 49.0. The smallest absolute Gasteiger partial charge is 0.449 e. The molecule has 2 heterocycles. The van der Waals surface area contributed by atoms with Crippen molar-refractivity contribution in [3.05, 3.63) is 243 Å². The molecule has 14 heteroatoms. The number of ether oxygens (including phenoxy) is 2. The fourth-order valence-corrected chi connectivity index (χ4v) is 12.4. The molecule has 0 unspecified atom stereocenters. The Morgan fingerprint density at radius 1 is 0.386 bits per heavy atom. The summed E-state index contributed by atoms with van der Waals surface area (Å²) in [5, 5.41) is 7.88. The largest absolute Gasteiger partial charge is 1.00 e. The predicted octanol–water partition coefficient (Wildman–Crippen LogP) is 14.7. The van der Waals surface area contributed by atoms with Crippen LogP contribution in [0.2, 0.25) is 0 Å². The third kappa shape index (κ3) is 18.4. The van der Waals surface area contributed by atoms with Crippen LogP contribution in [0.5, 0.6) is 11.5 Å². The van der Waals surface area contributed by atoms with Crippen molar-refractivity contribution in [2.24, 2.45) is 0 Å². The molecular formula is C56H52CuF6N2O2P3+2. The van der Waals surface area contributed by atoms with E-state index in [1.165, 1.54) is 31.8 Å². The van der Waals surface area contributed by atoms with Crippen LogP contribution in [0.4, 0.5) is 25.2 Å². The third-order valence-corrected chi connectivity index (χ3v) is 15.5. The molecule has 0 aliphatic heterocycles. The maximum Gasteiger partial charge on any atom is 1.00 e. The molecule has 9 aromatic rings.